The number of amides is 2. The molecule has 0 aromatic heterocycles. The largest absolute Gasteiger partial charge is 0.308 e. The molecule has 6 heteroatoms. The number of para-hydroxylation sites is 1. The first-order valence-electron chi connectivity index (χ1n) is 8.73. The molecule has 0 radical (unpaired) electrons. The van der Waals surface area contributed by atoms with E-state index in [4.69, 9.17) is 12.2 Å². The molecule has 2 amide bonds. The minimum atomic E-state index is -0.227. The maximum Gasteiger partial charge on any atom is 0.271 e. The standard InChI is InChI=1S/C21H18N2O2S2/c1-4-22-16-10-6-5-9-14(16)17(19(22)24)18-20(25)23(21(26)27-18)15-11-7-8-12(2)13(15)3/h5-11H,4H2,1-3H3. The number of nitrogens with zero attached hydrogens (tertiary/aromatic N) is 2. The average molecular weight is 395 g/mol. The van der Waals surface area contributed by atoms with Crippen LogP contribution in [0.1, 0.15) is 23.6 Å². The van der Waals surface area contributed by atoms with E-state index in [0.29, 0.717) is 21.3 Å². The van der Waals surface area contributed by atoms with E-state index in [-0.39, 0.29) is 11.8 Å². The van der Waals surface area contributed by atoms with Crippen molar-refractivity contribution in [1.29, 1.82) is 0 Å². The molecule has 4 rings (SSSR count). The van der Waals surface area contributed by atoms with Crippen molar-refractivity contribution in [1.82, 2.24) is 0 Å². The van der Waals surface area contributed by atoms with Crippen LogP contribution in [-0.4, -0.2) is 22.7 Å². The lowest BCUT2D eigenvalue weighted by atomic mass is 10.1. The molecule has 1 saturated heterocycles. The van der Waals surface area contributed by atoms with E-state index in [1.54, 1.807) is 9.80 Å². The second-order valence-electron chi connectivity index (χ2n) is 6.50. The Bertz CT molecular complexity index is 1040. The number of aryl methyl sites for hydroxylation is 1. The number of thioether (sulfide) groups is 1. The van der Waals surface area contributed by atoms with Crippen LogP contribution >= 0.6 is 24.0 Å². The van der Waals surface area contributed by atoms with Gasteiger partial charge in [0.1, 0.15) is 0 Å². The fourth-order valence-corrected chi connectivity index (χ4v) is 4.87. The van der Waals surface area contributed by atoms with Gasteiger partial charge >= 0.3 is 0 Å². The van der Waals surface area contributed by atoms with Gasteiger partial charge in [-0.25, -0.2) is 0 Å². The Balaban J connectivity index is 1.87. The van der Waals surface area contributed by atoms with E-state index in [9.17, 15) is 9.59 Å². The van der Waals surface area contributed by atoms with E-state index < -0.39 is 0 Å². The fraction of sp³-hybridized carbons (Fsp3) is 0.190. The predicted octanol–water partition coefficient (Wildman–Crippen LogP) is 4.45. The van der Waals surface area contributed by atoms with Gasteiger partial charge in [0.25, 0.3) is 11.8 Å². The number of thiocarbonyl (C=S) groups is 1. The summed E-state index contributed by atoms with van der Waals surface area (Å²) >= 11 is 6.73. The molecule has 4 nitrogen and oxygen atoms in total. The Morgan fingerprint density at radius 2 is 1.67 bits per heavy atom. The van der Waals surface area contributed by atoms with Crippen molar-refractivity contribution in [2.45, 2.75) is 20.8 Å². The molecular formula is C21H18N2O2S2. The molecule has 0 unspecified atom stereocenters. The quantitative estimate of drug-likeness (QED) is 0.558. The lowest BCUT2D eigenvalue weighted by Gasteiger charge is -2.18. The molecule has 2 aromatic carbocycles. The lowest BCUT2D eigenvalue weighted by molar-refractivity contribution is -0.115. The van der Waals surface area contributed by atoms with Crippen LogP contribution in [0, 0.1) is 13.8 Å². The van der Waals surface area contributed by atoms with Crippen LogP contribution in [0.5, 0.6) is 0 Å². The third-order valence-corrected chi connectivity index (χ3v) is 6.43. The average Bonchev–Trinajstić information content (AvgIpc) is 3.10. The van der Waals surface area contributed by atoms with Crippen molar-refractivity contribution in [3.05, 3.63) is 64.1 Å². The van der Waals surface area contributed by atoms with Gasteiger partial charge in [0.2, 0.25) is 0 Å². The molecule has 2 heterocycles. The van der Waals surface area contributed by atoms with Gasteiger partial charge < -0.3 is 4.90 Å². The Hall–Kier alpha value is -2.44. The van der Waals surface area contributed by atoms with E-state index in [2.05, 4.69) is 0 Å². The Labute approximate surface area is 167 Å². The Morgan fingerprint density at radius 1 is 0.963 bits per heavy atom. The van der Waals surface area contributed by atoms with Gasteiger partial charge in [0.15, 0.2) is 4.32 Å². The highest BCUT2D eigenvalue weighted by molar-refractivity contribution is 8.27. The van der Waals surface area contributed by atoms with Gasteiger partial charge in [-0.3, -0.25) is 14.5 Å². The van der Waals surface area contributed by atoms with Gasteiger partial charge in [-0.15, -0.1) is 0 Å². The number of anilines is 2. The number of carbonyl (C=O) groups excluding carboxylic acids is 2. The summed E-state index contributed by atoms with van der Waals surface area (Å²) in [4.78, 5) is 30.0. The molecule has 0 bridgehead atoms. The summed E-state index contributed by atoms with van der Waals surface area (Å²) in [5, 5.41) is 0. The van der Waals surface area contributed by atoms with Gasteiger partial charge in [-0.2, -0.15) is 0 Å². The van der Waals surface area contributed by atoms with Gasteiger partial charge in [0, 0.05) is 12.1 Å². The van der Waals surface area contributed by atoms with Crippen molar-refractivity contribution in [3.8, 4) is 0 Å². The van der Waals surface area contributed by atoms with Crippen LogP contribution in [-0.2, 0) is 9.59 Å². The number of fused-ring (bicyclic) bond motifs is 1. The molecule has 27 heavy (non-hydrogen) atoms. The first-order valence-corrected chi connectivity index (χ1v) is 9.96. The summed E-state index contributed by atoms with van der Waals surface area (Å²) in [6.45, 7) is 6.46. The Kier molecular flexibility index (Phi) is 4.40. The molecule has 0 atom stereocenters. The first kappa shape index (κ1) is 17.9. The van der Waals surface area contributed by atoms with E-state index in [1.807, 2.05) is 63.2 Å². The fourth-order valence-electron chi connectivity index (χ4n) is 3.52. The van der Waals surface area contributed by atoms with Crippen molar-refractivity contribution in [3.63, 3.8) is 0 Å². The van der Waals surface area contributed by atoms with Gasteiger partial charge in [-0.1, -0.05) is 54.3 Å². The zero-order valence-electron chi connectivity index (χ0n) is 15.3. The molecule has 136 valence electrons. The molecule has 0 spiro atoms. The molecule has 0 N–H and O–H groups in total. The van der Waals surface area contributed by atoms with Gasteiger partial charge in [0.05, 0.1) is 21.9 Å². The number of carbonyl (C=O) groups is 2. The number of hydrogen-bond donors (Lipinski definition) is 0. The molecule has 2 aliphatic rings. The van der Waals surface area contributed by atoms with Crippen molar-refractivity contribution < 1.29 is 9.59 Å². The van der Waals surface area contributed by atoms with E-state index in [0.717, 1.165) is 28.1 Å². The topological polar surface area (TPSA) is 40.6 Å². The van der Waals surface area contributed by atoms with Crippen LogP contribution in [0.25, 0.3) is 5.57 Å². The number of rotatable bonds is 2. The molecule has 1 fully saturated rings. The van der Waals surface area contributed by atoms with Gasteiger partial charge in [-0.05, 0) is 44.0 Å². The number of benzene rings is 2. The van der Waals surface area contributed by atoms with Crippen LogP contribution < -0.4 is 9.80 Å². The summed E-state index contributed by atoms with van der Waals surface area (Å²) in [5.41, 5.74) is 4.97. The summed E-state index contributed by atoms with van der Waals surface area (Å²) in [5.74, 6) is -0.366. The van der Waals surface area contributed by atoms with Crippen molar-refractivity contribution >= 4 is 57.1 Å². The molecule has 2 aliphatic heterocycles. The zero-order valence-corrected chi connectivity index (χ0v) is 16.9. The second kappa shape index (κ2) is 6.62. The lowest BCUT2D eigenvalue weighted by Crippen LogP contribution is -2.29. The molecule has 0 aliphatic carbocycles. The van der Waals surface area contributed by atoms with Crippen LogP contribution in [0.4, 0.5) is 11.4 Å². The normalized spacial score (nSPS) is 19.3. The summed E-state index contributed by atoms with van der Waals surface area (Å²) < 4.78 is 0.455. The Morgan fingerprint density at radius 3 is 2.41 bits per heavy atom. The van der Waals surface area contributed by atoms with Crippen LogP contribution in [0.2, 0.25) is 0 Å². The number of hydrogen-bond acceptors (Lipinski definition) is 4. The maximum atomic E-state index is 13.3. The third kappa shape index (κ3) is 2.63. The highest BCUT2D eigenvalue weighted by Gasteiger charge is 2.42. The van der Waals surface area contributed by atoms with E-state index in [1.165, 1.54) is 11.8 Å². The highest BCUT2D eigenvalue weighted by Crippen LogP contribution is 2.45. The molecule has 0 saturated carbocycles. The molecular weight excluding hydrogens is 376 g/mol. The second-order valence-corrected chi connectivity index (χ2v) is 8.14. The third-order valence-electron chi connectivity index (χ3n) is 5.05. The maximum absolute atomic E-state index is 13.3. The van der Waals surface area contributed by atoms with Crippen molar-refractivity contribution in [2.24, 2.45) is 0 Å². The first-order chi connectivity index (χ1) is 13.0. The smallest absolute Gasteiger partial charge is 0.271 e. The predicted molar refractivity (Wildman–Crippen MR) is 115 cm³/mol. The van der Waals surface area contributed by atoms with E-state index >= 15 is 0 Å². The van der Waals surface area contributed by atoms with Crippen molar-refractivity contribution in [2.75, 3.05) is 16.3 Å². The number of likely N-dealkylation sites (N-methyl/N-ethyl adjacent to an activating group) is 1. The zero-order chi connectivity index (χ0) is 19.3. The van der Waals surface area contributed by atoms with Crippen LogP contribution in [0.15, 0.2) is 47.4 Å². The SMILES string of the molecule is CCN1C(=O)C(=C2SC(=S)N(c3cccc(C)c3C)C2=O)c2ccccc21. The highest BCUT2D eigenvalue weighted by atomic mass is 32.2. The summed E-state index contributed by atoms with van der Waals surface area (Å²) in [6.07, 6.45) is 0. The summed E-state index contributed by atoms with van der Waals surface area (Å²) in [6, 6.07) is 13.4. The monoisotopic (exact) mass is 394 g/mol. The van der Waals surface area contributed by atoms with Crippen LogP contribution in [0.3, 0.4) is 0 Å². The summed E-state index contributed by atoms with van der Waals surface area (Å²) in [7, 11) is 0. The minimum Gasteiger partial charge on any atom is -0.308 e. The molecule has 2 aromatic rings. The minimum absolute atomic E-state index is 0.139.